The van der Waals surface area contributed by atoms with Crippen molar-refractivity contribution in [2.45, 2.75) is 26.5 Å². The molecule has 0 radical (unpaired) electrons. The summed E-state index contributed by atoms with van der Waals surface area (Å²) in [5.74, 6) is -0.783. The zero-order valence-electron chi connectivity index (χ0n) is 13.1. The normalized spacial score (nSPS) is 28.5. The Labute approximate surface area is 87.2 Å². The van der Waals surface area contributed by atoms with Crippen molar-refractivity contribution in [1.29, 1.82) is 0 Å². The standard InChI is InChI=1S/C12H14O/c1-12(2)8-7-9-5-3-4-6-10(9)11(12)13/h3-6H,7-8H2,1-2H3/i1D3,2D3. The maximum Gasteiger partial charge on any atom is 0.168 e. The molecule has 0 bridgehead atoms. The van der Waals surface area contributed by atoms with Gasteiger partial charge in [-0.15, -0.1) is 0 Å². The summed E-state index contributed by atoms with van der Waals surface area (Å²) in [6, 6.07) is 6.61. The molecule has 1 aliphatic rings. The third-order valence-electron chi connectivity index (χ3n) is 2.42. The second kappa shape index (κ2) is 2.69. The first-order valence-corrected chi connectivity index (χ1v) is 4.24. The van der Waals surface area contributed by atoms with Crippen molar-refractivity contribution in [2.24, 2.45) is 5.41 Å². The molecule has 2 rings (SSSR count). The van der Waals surface area contributed by atoms with Crippen molar-refractivity contribution in [2.75, 3.05) is 0 Å². The first-order chi connectivity index (χ1) is 8.61. The summed E-state index contributed by atoms with van der Waals surface area (Å²) in [6.07, 6.45) is 0.120. The molecular weight excluding hydrogens is 160 g/mol. The zero-order chi connectivity index (χ0) is 14.5. The Morgan fingerprint density at radius 3 is 2.92 bits per heavy atom. The van der Waals surface area contributed by atoms with Gasteiger partial charge in [0.2, 0.25) is 0 Å². The first-order valence-electron chi connectivity index (χ1n) is 7.24. The molecule has 0 unspecified atom stereocenters. The SMILES string of the molecule is [2H]C([2H])([2H])C1(C([2H])([2H])[2H])CCc2ccccc2C1=O. The second-order valence-corrected chi connectivity index (χ2v) is 3.39. The van der Waals surface area contributed by atoms with Gasteiger partial charge in [0.05, 0.1) is 0 Å². The number of carbonyl (C=O) groups excluding carboxylic acids is 1. The molecule has 0 spiro atoms. The monoisotopic (exact) mass is 180 g/mol. The highest BCUT2D eigenvalue weighted by molar-refractivity contribution is 6.02. The lowest BCUT2D eigenvalue weighted by atomic mass is 9.73. The van der Waals surface area contributed by atoms with E-state index in [9.17, 15) is 4.79 Å². The summed E-state index contributed by atoms with van der Waals surface area (Å²) in [7, 11) is 0. The van der Waals surface area contributed by atoms with E-state index in [-0.39, 0.29) is 12.0 Å². The van der Waals surface area contributed by atoms with Gasteiger partial charge in [0.15, 0.2) is 5.78 Å². The van der Waals surface area contributed by atoms with Gasteiger partial charge in [0.25, 0.3) is 0 Å². The number of aryl methyl sites for hydroxylation is 1. The largest absolute Gasteiger partial charge is 0.294 e. The zero-order valence-corrected chi connectivity index (χ0v) is 7.13. The molecular formula is C12H14O. The summed E-state index contributed by atoms with van der Waals surface area (Å²) < 4.78 is 45.3. The van der Waals surface area contributed by atoms with Crippen molar-refractivity contribution >= 4 is 5.78 Å². The third kappa shape index (κ3) is 1.28. The second-order valence-electron chi connectivity index (χ2n) is 3.39. The van der Waals surface area contributed by atoms with Gasteiger partial charge in [0, 0.05) is 19.2 Å². The number of benzene rings is 1. The van der Waals surface area contributed by atoms with Crippen molar-refractivity contribution in [3.63, 3.8) is 0 Å². The molecule has 0 saturated carbocycles. The molecule has 0 atom stereocenters. The Kier molecular flexibility index (Phi) is 0.818. The number of hydrogen-bond acceptors (Lipinski definition) is 1. The van der Waals surface area contributed by atoms with E-state index in [2.05, 4.69) is 0 Å². The smallest absolute Gasteiger partial charge is 0.168 e. The Morgan fingerprint density at radius 1 is 1.38 bits per heavy atom. The average molecular weight is 180 g/mol. The van der Waals surface area contributed by atoms with E-state index in [1.54, 1.807) is 18.2 Å². The summed E-state index contributed by atoms with van der Waals surface area (Å²) >= 11 is 0. The fourth-order valence-electron chi connectivity index (χ4n) is 1.63. The van der Waals surface area contributed by atoms with Gasteiger partial charge < -0.3 is 0 Å². The fraction of sp³-hybridized carbons (Fsp3) is 0.417. The lowest BCUT2D eigenvalue weighted by molar-refractivity contribution is 0.0811. The van der Waals surface area contributed by atoms with Gasteiger partial charge in [-0.05, 0) is 18.4 Å². The minimum absolute atomic E-state index is 0.171. The van der Waals surface area contributed by atoms with E-state index in [1.807, 2.05) is 0 Å². The number of fused-ring (bicyclic) bond motifs is 1. The van der Waals surface area contributed by atoms with E-state index in [0.29, 0.717) is 6.42 Å². The quantitative estimate of drug-likeness (QED) is 0.600. The number of Topliss-reactive ketones (excluding diaryl/α,β-unsaturated/α-hetero) is 1. The molecule has 0 aromatic heterocycles. The van der Waals surface area contributed by atoms with Gasteiger partial charge in [0.1, 0.15) is 0 Å². The molecule has 13 heavy (non-hydrogen) atoms. The molecule has 0 N–H and O–H groups in total. The van der Waals surface area contributed by atoms with E-state index < -0.39 is 24.9 Å². The highest BCUT2D eigenvalue weighted by Gasteiger charge is 2.33. The molecule has 0 saturated heterocycles. The van der Waals surface area contributed by atoms with Crippen molar-refractivity contribution in [3.8, 4) is 0 Å². The molecule has 68 valence electrons. The first kappa shape index (κ1) is 3.95. The highest BCUT2D eigenvalue weighted by Crippen LogP contribution is 2.34. The van der Waals surface area contributed by atoms with Gasteiger partial charge in [-0.3, -0.25) is 4.79 Å². The van der Waals surface area contributed by atoms with Crippen LogP contribution in [0.25, 0.3) is 0 Å². The van der Waals surface area contributed by atoms with Crippen LogP contribution in [0.1, 0.15) is 44.3 Å². The molecule has 1 nitrogen and oxygen atoms in total. The molecule has 1 heteroatoms. The number of carbonyl (C=O) groups is 1. The topological polar surface area (TPSA) is 17.1 Å². The summed E-state index contributed by atoms with van der Waals surface area (Å²) in [6.45, 7) is -5.69. The van der Waals surface area contributed by atoms with Crippen LogP contribution in [0, 0.1) is 5.41 Å². The number of hydrogen-bond donors (Lipinski definition) is 0. The van der Waals surface area contributed by atoms with Crippen LogP contribution >= 0.6 is 0 Å². The van der Waals surface area contributed by atoms with Crippen LogP contribution in [0.15, 0.2) is 24.3 Å². The van der Waals surface area contributed by atoms with E-state index >= 15 is 0 Å². The minimum atomic E-state index is -2.84. The molecule has 0 amide bonds. The van der Waals surface area contributed by atoms with Gasteiger partial charge in [-0.1, -0.05) is 38.0 Å². The van der Waals surface area contributed by atoms with Gasteiger partial charge >= 0.3 is 0 Å². The van der Waals surface area contributed by atoms with Gasteiger partial charge in [-0.25, -0.2) is 0 Å². The van der Waals surface area contributed by atoms with Crippen molar-refractivity contribution in [1.82, 2.24) is 0 Å². The third-order valence-corrected chi connectivity index (χ3v) is 2.42. The van der Waals surface area contributed by atoms with Crippen molar-refractivity contribution < 1.29 is 13.0 Å². The van der Waals surface area contributed by atoms with E-state index in [0.717, 1.165) is 5.56 Å². The Bertz CT molecular complexity index is 500. The minimum Gasteiger partial charge on any atom is -0.294 e. The highest BCUT2D eigenvalue weighted by atomic mass is 16.1. The molecule has 0 heterocycles. The van der Waals surface area contributed by atoms with Crippen molar-refractivity contribution in [3.05, 3.63) is 35.4 Å². The summed E-state index contributed by atoms with van der Waals surface area (Å²) in [5, 5.41) is 0. The van der Waals surface area contributed by atoms with Crippen LogP contribution in [-0.2, 0) is 6.42 Å². The van der Waals surface area contributed by atoms with Crippen LogP contribution in [0.3, 0.4) is 0 Å². The molecule has 1 aromatic rings. The summed E-state index contributed by atoms with van der Waals surface area (Å²) in [4.78, 5) is 12.5. The number of rotatable bonds is 0. The van der Waals surface area contributed by atoms with Crippen LogP contribution < -0.4 is 0 Å². The van der Waals surface area contributed by atoms with Crippen LogP contribution in [0.2, 0.25) is 0 Å². The van der Waals surface area contributed by atoms with Crippen LogP contribution in [0.5, 0.6) is 0 Å². The molecule has 0 fully saturated rings. The Balaban J connectivity index is 2.65. The predicted molar refractivity (Wildman–Crippen MR) is 52.9 cm³/mol. The summed E-state index contributed by atoms with van der Waals surface area (Å²) in [5.41, 5.74) is -1.34. The molecule has 1 aromatic carbocycles. The lowest BCUT2D eigenvalue weighted by Crippen LogP contribution is -2.30. The molecule has 1 aliphatic carbocycles. The average Bonchev–Trinajstić information content (AvgIpc) is 2.26. The molecule has 0 aliphatic heterocycles. The maximum atomic E-state index is 12.5. The fourth-order valence-corrected chi connectivity index (χ4v) is 1.63. The Morgan fingerprint density at radius 2 is 2.15 bits per heavy atom. The van der Waals surface area contributed by atoms with Crippen LogP contribution in [0.4, 0.5) is 0 Å². The lowest BCUT2D eigenvalue weighted by Gasteiger charge is -2.29. The Hall–Kier alpha value is -1.11. The van der Waals surface area contributed by atoms with E-state index in [1.165, 1.54) is 6.07 Å². The maximum absolute atomic E-state index is 12.5. The predicted octanol–water partition coefficient (Wildman–Crippen LogP) is 2.84. The number of ketones is 1. The van der Waals surface area contributed by atoms with Gasteiger partial charge in [-0.2, -0.15) is 0 Å². The van der Waals surface area contributed by atoms with E-state index in [4.69, 9.17) is 8.22 Å². The van der Waals surface area contributed by atoms with Crippen LogP contribution in [-0.4, -0.2) is 5.78 Å².